The maximum Gasteiger partial charge on any atom is 0.302 e. The Hall–Kier alpha value is -0.830. The summed E-state index contributed by atoms with van der Waals surface area (Å²) in [5.74, 6) is -0.459. The number of carbonyl (C=O) groups excluding carboxylic acids is 2. The second kappa shape index (κ2) is 4.06. The van der Waals surface area contributed by atoms with E-state index in [1.807, 2.05) is 0 Å². The molecule has 0 fully saturated rings. The van der Waals surface area contributed by atoms with Crippen molar-refractivity contribution in [1.82, 2.24) is 0 Å². The van der Waals surface area contributed by atoms with Gasteiger partial charge in [0.15, 0.2) is 0 Å². The second-order valence-electron chi connectivity index (χ2n) is 1.66. The van der Waals surface area contributed by atoms with Gasteiger partial charge in [0.25, 0.3) is 5.24 Å². The first-order chi connectivity index (χ1) is 4.54. The first-order valence-corrected chi connectivity index (χ1v) is 2.93. The Kier molecular flexibility index (Phi) is 3.72. The third-order valence-electron chi connectivity index (χ3n) is 0.728. The van der Waals surface area contributed by atoms with E-state index in [2.05, 4.69) is 11.3 Å². The molecule has 0 aromatic heterocycles. The Bertz CT molecular complexity index is 174. The van der Waals surface area contributed by atoms with Crippen LogP contribution in [0, 0.1) is 0 Å². The van der Waals surface area contributed by atoms with Gasteiger partial charge >= 0.3 is 5.97 Å². The van der Waals surface area contributed by atoms with E-state index in [1.165, 1.54) is 6.92 Å². The number of hydrogen-bond acceptors (Lipinski definition) is 3. The van der Waals surface area contributed by atoms with Gasteiger partial charge in [0.2, 0.25) is 0 Å². The largest absolute Gasteiger partial charge is 0.461 e. The standard InChI is InChI=1S/C6H7ClO3/c1-4(6(7)9)3-10-5(2)8/h1,3H2,2H3. The maximum absolute atomic E-state index is 10.2. The summed E-state index contributed by atoms with van der Waals surface area (Å²) in [6, 6.07) is 0. The van der Waals surface area contributed by atoms with Crippen LogP contribution in [0.25, 0.3) is 0 Å². The van der Waals surface area contributed by atoms with Crippen molar-refractivity contribution in [3.05, 3.63) is 12.2 Å². The molecule has 56 valence electrons. The summed E-state index contributed by atoms with van der Waals surface area (Å²) in [7, 11) is 0. The fourth-order valence-electron chi connectivity index (χ4n) is 0.245. The van der Waals surface area contributed by atoms with Gasteiger partial charge in [0, 0.05) is 12.5 Å². The zero-order valence-corrected chi connectivity index (χ0v) is 6.27. The van der Waals surface area contributed by atoms with Gasteiger partial charge in [-0.15, -0.1) is 0 Å². The van der Waals surface area contributed by atoms with Crippen LogP contribution >= 0.6 is 11.6 Å². The van der Waals surface area contributed by atoms with E-state index in [9.17, 15) is 9.59 Å². The van der Waals surface area contributed by atoms with Gasteiger partial charge in [-0.25, -0.2) is 0 Å². The molecule has 0 bridgehead atoms. The molecule has 0 N–H and O–H groups in total. The second-order valence-corrected chi connectivity index (χ2v) is 2.00. The van der Waals surface area contributed by atoms with Crippen molar-refractivity contribution < 1.29 is 14.3 Å². The fraction of sp³-hybridized carbons (Fsp3) is 0.333. The van der Waals surface area contributed by atoms with Crippen LogP contribution in [-0.4, -0.2) is 17.8 Å². The van der Waals surface area contributed by atoms with Crippen LogP contribution < -0.4 is 0 Å². The molecular weight excluding hydrogens is 156 g/mol. The average Bonchev–Trinajstić information content (AvgIpc) is 1.82. The predicted molar refractivity (Wildman–Crippen MR) is 36.6 cm³/mol. The van der Waals surface area contributed by atoms with Crippen molar-refractivity contribution in [2.75, 3.05) is 6.61 Å². The summed E-state index contributed by atoms with van der Waals surface area (Å²) in [6.45, 7) is 4.38. The number of halogens is 1. The maximum atomic E-state index is 10.2. The smallest absolute Gasteiger partial charge is 0.302 e. The van der Waals surface area contributed by atoms with Crippen LogP contribution in [0.5, 0.6) is 0 Å². The molecule has 0 radical (unpaired) electrons. The fourth-order valence-corrected chi connectivity index (χ4v) is 0.300. The van der Waals surface area contributed by atoms with E-state index in [1.54, 1.807) is 0 Å². The topological polar surface area (TPSA) is 43.4 Å². The molecule has 0 aliphatic heterocycles. The van der Waals surface area contributed by atoms with Crippen LogP contribution in [0.15, 0.2) is 12.2 Å². The molecule has 0 amide bonds. The Morgan fingerprint density at radius 3 is 2.40 bits per heavy atom. The summed E-state index contributed by atoms with van der Waals surface area (Å²) < 4.78 is 4.42. The molecule has 0 saturated heterocycles. The van der Waals surface area contributed by atoms with Crippen molar-refractivity contribution >= 4 is 22.8 Å². The highest BCUT2D eigenvalue weighted by Gasteiger charge is 2.03. The van der Waals surface area contributed by atoms with E-state index in [4.69, 9.17) is 11.6 Å². The van der Waals surface area contributed by atoms with E-state index in [0.29, 0.717) is 0 Å². The van der Waals surface area contributed by atoms with Crippen LogP contribution in [0.4, 0.5) is 0 Å². The molecule has 3 nitrogen and oxygen atoms in total. The Morgan fingerprint density at radius 1 is 1.60 bits per heavy atom. The zero-order valence-electron chi connectivity index (χ0n) is 5.52. The van der Waals surface area contributed by atoms with Crippen LogP contribution in [0.3, 0.4) is 0 Å². The molecule has 0 aromatic carbocycles. The zero-order chi connectivity index (χ0) is 8.15. The molecule has 0 saturated carbocycles. The highest BCUT2D eigenvalue weighted by atomic mass is 35.5. The third-order valence-corrected chi connectivity index (χ3v) is 0.995. The van der Waals surface area contributed by atoms with Crippen molar-refractivity contribution in [1.29, 1.82) is 0 Å². The summed E-state index contributed by atoms with van der Waals surface area (Å²) in [4.78, 5) is 20.4. The van der Waals surface area contributed by atoms with Crippen LogP contribution in [-0.2, 0) is 14.3 Å². The van der Waals surface area contributed by atoms with Gasteiger partial charge in [0.05, 0.1) is 0 Å². The monoisotopic (exact) mass is 162 g/mol. The van der Waals surface area contributed by atoms with E-state index >= 15 is 0 Å². The quantitative estimate of drug-likeness (QED) is 0.351. The molecular formula is C6H7ClO3. The highest BCUT2D eigenvalue weighted by molar-refractivity contribution is 6.67. The Labute approximate surface area is 63.6 Å². The Morgan fingerprint density at radius 2 is 2.10 bits per heavy atom. The lowest BCUT2D eigenvalue weighted by atomic mass is 10.4. The van der Waals surface area contributed by atoms with Crippen LogP contribution in [0.2, 0.25) is 0 Å². The van der Waals surface area contributed by atoms with Gasteiger partial charge < -0.3 is 4.74 Å². The molecule has 0 atom stereocenters. The number of ether oxygens (including phenoxy) is 1. The minimum Gasteiger partial charge on any atom is -0.461 e. The van der Waals surface area contributed by atoms with Crippen molar-refractivity contribution in [2.24, 2.45) is 0 Å². The lowest BCUT2D eigenvalue weighted by Gasteiger charge is -1.98. The first-order valence-electron chi connectivity index (χ1n) is 2.55. The van der Waals surface area contributed by atoms with E-state index in [0.717, 1.165) is 0 Å². The van der Waals surface area contributed by atoms with Gasteiger partial charge in [-0.2, -0.15) is 0 Å². The molecule has 0 aliphatic carbocycles. The summed E-state index contributed by atoms with van der Waals surface area (Å²) in [6.07, 6.45) is 0. The lowest BCUT2D eigenvalue weighted by molar-refractivity contribution is -0.140. The number of carbonyl (C=O) groups is 2. The summed E-state index contributed by atoms with van der Waals surface area (Å²) in [5.41, 5.74) is 0.0804. The molecule has 0 unspecified atom stereocenters. The summed E-state index contributed by atoms with van der Waals surface area (Å²) >= 11 is 4.98. The van der Waals surface area contributed by atoms with Gasteiger partial charge in [0.1, 0.15) is 6.61 Å². The predicted octanol–water partition coefficient (Wildman–Crippen LogP) is 0.871. The van der Waals surface area contributed by atoms with Gasteiger partial charge in [-0.05, 0) is 11.6 Å². The average molecular weight is 163 g/mol. The summed E-state index contributed by atoms with van der Waals surface area (Å²) in [5, 5.41) is -0.679. The molecule has 0 heterocycles. The lowest BCUT2D eigenvalue weighted by Crippen LogP contribution is -2.06. The number of esters is 1. The van der Waals surface area contributed by atoms with E-state index in [-0.39, 0.29) is 12.2 Å². The van der Waals surface area contributed by atoms with Gasteiger partial charge in [-0.3, -0.25) is 9.59 Å². The molecule has 0 spiro atoms. The number of rotatable bonds is 3. The number of hydrogen-bond donors (Lipinski definition) is 0. The minimum absolute atomic E-state index is 0.0804. The minimum atomic E-state index is -0.679. The first kappa shape index (κ1) is 9.17. The molecule has 4 heteroatoms. The van der Waals surface area contributed by atoms with Crippen molar-refractivity contribution in [3.63, 3.8) is 0 Å². The van der Waals surface area contributed by atoms with Crippen LogP contribution in [0.1, 0.15) is 6.92 Å². The third kappa shape index (κ3) is 4.09. The van der Waals surface area contributed by atoms with Crippen molar-refractivity contribution in [3.8, 4) is 0 Å². The molecule has 0 rings (SSSR count). The van der Waals surface area contributed by atoms with E-state index < -0.39 is 11.2 Å². The Balaban J connectivity index is 3.60. The molecule has 0 aliphatic rings. The highest BCUT2D eigenvalue weighted by Crippen LogP contribution is 1.97. The van der Waals surface area contributed by atoms with Gasteiger partial charge in [-0.1, -0.05) is 6.58 Å². The van der Waals surface area contributed by atoms with Crippen molar-refractivity contribution in [2.45, 2.75) is 6.92 Å². The SMILES string of the molecule is C=C(COC(C)=O)C(=O)Cl. The molecule has 10 heavy (non-hydrogen) atoms. The normalized spacial score (nSPS) is 8.60. The molecule has 0 aromatic rings.